The van der Waals surface area contributed by atoms with Crippen LogP contribution >= 0.6 is 0 Å². The largest absolute Gasteiger partial charge is 0.397 e. The van der Waals surface area contributed by atoms with Crippen LogP contribution in [0.3, 0.4) is 0 Å². The molecule has 1 aliphatic heterocycles. The summed E-state index contributed by atoms with van der Waals surface area (Å²) in [5, 5.41) is 3.67. The first-order chi connectivity index (χ1) is 11.7. The molecule has 4 heteroatoms. The molecule has 0 amide bonds. The number of nitrogen functional groups attached to an aromatic ring is 1. The van der Waals surface area contributed by atoms with Crippen LogP contribution in [0.25, 0.3) is 0 Å². The minimum absolute atomic E-state index is 0.509. The van der Waals surface area contributed by atoms with E-state index in [1.807, 2.05) is 6.07 Å². The molecule has 0 unspecified atom stereocenters. The zero-order valence-corrected chi connectivity index (χ0v) is 15.3. The number of anilines is 2. The molecule has 1 aromatic carbocycles. The Hall–Kier alpha value is -1.26. The number of piperidine rings is 1. The summed E-state index contributed by atoms with van der Waals surface area (Å²) < 4.78 is 5.78. The first kappa shape index (κ1) is 17.6. The zero-order valence-electron chi connectivity index (χ0n) is 15.3. The summed E-state index contributed by atoms with van der Waals surface area (Å²) in [6.07, 6.45) is 7.99. The minimum Gasteiger partial charge on any atom is -0.397 e. The molecule has 24 heavy (non-hydrogen) atoms. The van der Waals surface area contributed by atoms with E-state index in [9.17, 15) is 0 Å². The van der Waals surface area contributed by atoms with E-state index in [0.29, 0.717) is 12.1 Å². The van der Waals surface area contributed by atoms with Crippen molar-refractivity contribution in [3.05, 3.63) is 23.8 Å². The number of aryl methyl sites for hydroxylation is 1. The Bertz CT molecular complexity index is 518. The van der Waals surface area contributed by atoms with Crippen LogP contribution in [0, 0.1) is 6.92 Å². The van der Waals surface area contributed by atoms with Gasteiger partial charge in [-0.05, 0) is 70.1 Å². The Labute approximate surface area is 146 Å². The lowest BCUT2D eigenvalue weighted by molar-refractivity contribution is 0.00994. The molecule has 1 heterocycles. The van der Waals surface area contributed by atoms with Crippen LogP contribution in [-0.2, 0) is 4.74 Å². The highest BCUT2D eigenvalue weighted by Gasteiger charge is 2.29. The quantitative estimate of drug-likeness (QED) is 0.806. The number of nitrogens with two attached hydrogens (primary N) is 1. The van der Waals surface area contributed by atoms with E-state index in [4.69, 9.17) is 10.5 Å². The lowest BCUT2D eigenvalue weighted by Crippen LogP contribution is -2.46. The van der Waals surface area contributed by atoms with Gasteiger partial charge in [-0.15, -0.1) is 0 Å². The third-order valence-corrected chi connectivity index (χ3v) is 5.66. The number of hydrogen-bond donors (Lipinski definition) is 2. The number of benzene rings is 1. The fraction of sp³-hybridized carbons (Fsp3) is 0.700. The highest BCUT2D eigenvalue weighted by atomic mass is 16.5. The Morgan fingerprint density at radius 3 is 2.50 bits per heavy atom. The zero-order chi connectivity index (χ0) is 16.9. The van der Waals surface area contributed by atoms with Crippen molar-refractivity contribution in [3.8, 4) is 0 Å². The highest BCUT2D eigenvalue weighted by molar-refractivity contribution is 5.67. The van der Waals surface area contributed by atoms with Gasteiger partial charge < -0.3 is 20.7 Å². The average Bonchev–Trinajstić information content (AvgIpc) is 2.60. The molecule has 2 aliphatic rings. The molecule has 0 aromatic heterocycles. The van der Waals surface area contributed by atoms with E-state index in [-0.39, 0.29) is 0 Å². The topological polar surface area (TPSA) is 50.5 Å². The van der Waals surface area contributed by atoms with Crippen LogP contribution in [0.4, 0.5) is 11.4 Å². The Balaban J connectivity index is 1.45. The summed E-state index contributed by atoms with van der Waals surface area (Å²) in [7, 11) is 0. The van der Waals surface area contributed by atoms with Crippen LogP contribution < -0.4 is 11.1 Å². The van der Waals surface area contributed by atoms with Gasteiger partial charge in [0.05, 0.1) is 17.5 Å². The predicted octanol–water partition coefficient (Wildman–Crippen LogP) is 3.80. The monoisotopic (exact) mass is 331 g/mol. The molecule has 4 nitrogen and oxygen atoms in total. The summed E-state index contributed by atoms with van der Waals surface area (Å²) in [4.78, 5) is 2.71. The van der Waals surface area contributed by atoms with E-state index in [1.165, 1.54) is 57.2 Å². The molecule has 2 fully saturated rings. The molecule has 1 aliphatic carbocycles. The van der Waals surface area contributed by atoms with E-state index >= 15 is 0 Å². The summed E-state index contributed by atoms with van der Waals surface area (Å²) in [6, 6.07) is 7.55. The second-order valence-electron chi connectivity index (χ2n) is 7.43. The van der Waals surface area contributed by atoms with Crippen LogP contribution in [0.2, 0.25) is 0 Å². The first-order valence-corrected chi connectivity index (χ1v) is 9.64. The maximum atomic E-state index is 6.10. The van der Waals surface area contributed by atoms with Crippen LogP contribution in [0.5, 0.6) is 0 Å². The summed E-state index contributed by atoms with van der Waals surface area (Å²) in [6.45, 7) is 7.48. The van der Waals surface area contributed by atoms with Gasteiger partial charge in [0.25, 0.3) is 0 Å². The molecule has 1 saturated heterocycles. The van der Waals surface area contributed by atoms with E-state index in [2.05, 4.69) is 36.2 Å². The summed E-state index contributed by atoms with van der Waals surface area (Å²) in [5.41, 5.74) is 9.32. The van der Waals surface area contributed by atoms with Crippen LogP contribution in [-0.4, -0.2) is 42.8 Å². The number of rotatable bonds is 5. The van der Waals surface area contributed by atoms with Gasteiger partial charge in [0.15, 0.2) is 0 Å². The fourth-order valence-electron chi connectivity index (χ4n) is 4.24. The normalized spacial score (nSPS) is 26.4. The van der Waals surface area contributed by atoms with Crippen molar-refractivity contribution >= 4 is 11.4 Å². The third kappa shape index (κ3) is 4.42. The average molecular weight is 332 g/mol. The smallest absolute Gasteiger partial charge is 0.0578 e. The SMILES string of the molecule is CCO[C@H]1CC[C@H](N2CCC(Nc3cc(C)ccc3N)CC2)CC1. The molecule has 0 atom stereocenters. The second kappa shape index (κ2) is 8.21. The summed E-state index contributed by atoms with van der Waals surface area (Å²) in [5.74, 6) is 0. The van der Waals surface area contributed by atoms with Crippen molar-refractivity contribution in [2.75, 3.05) is 30.7 Å². The lowest BCUT2D eigenvalue weighted by Gasteiger charge is -2.41. The Kier molecular flexibility index (Phi) is 6.01. The van der Waals surface area contributed by atoms with E-state index in [1.54, 1.807) is 0 Å². The number of nitrogens with one attached hydrogen (secondary N) is 1. The molecule has 3 N–H and O–H groups in total. The predicted molar refractivity (Wildman–Crippen MR) is 101 cm³/mol. The van der Waals surface area contributed by atoms with Crippen molar-refractivity contribution in [3.63, 3.8) is 0 Å². The second-order valence-corrected chi connectivity index (χ2v) is 7.43. The van der Waals surface area contributed by atoms with Gasteiger partial charge in [-0.2, -0.15) is 0 Å². The minimum atomic E-state index is 0.509. The molecule has 134 valence electrons. The summed E-state index contributed by atoms with van der Waals surface area (Å²) >= 11 is 0. The molecule has 0 spiro atoms. The fourth-order valence-corrected chi connectivity index (χ4v) is 4.24. The first-order valence-electron chi connectivity index (χ1n) is 9.64. The van der Waals surface area contributed by atoms with Crippen molar-refractivity contribution in [1.29, 1.82) is 0 Å². The number of hydrogen-bond acceptors (Lipinski definition) is 4. The van der Waals surface area contributed by atoms with Gasteiger partial charge in [-0.1, -0.05) is 6.07 Å². The van der Waals surface area contributed by atoms with Gasteiger partial charge in [-0.25, -0.2) is 0 Å². The van der Waals surface area contributed by atoms with Crippen molar-refractivity contribution in [2.24, 2.45) is 0 Å². The van der Waals surface area contributed by atoms with Gasteiger partial charge in [0.2, 0.25) is 0 Å². The molecule has 1 saturated carbocycles. The highest BCUT2D eigenvalue weighted by Crippen LogP contribution is 2.29. The Morgan fingerprint density at radius 1 is 1.12 bits per heavy atom. The van der Waals surface area contributed by atoms with Crippen molar-refractivity contribution in [2.45, 2.75) is 70.6 Å². The lowest BCUT2D eigenvalue weighted by atomic mass is 9.90. The third-order valence-electron chi connectivity index (χ3n) is 5.66. The Morgan fingerprint density at radius 2 is 1.83 bits per heavy atom. The van der Waals surface area contributed by atoms with E-state index in [0.717, 1.165) is 24.0 Å². The van der Waals surface area contributed by atoms with Crippen molar-refractivity contribution < 1.29 is 4.74 Å². The van der Waals surface area contributed by atoms with Gasteiger partial charge in [0, 0.05) is 31.8 Å². The van der Waals surface area contributed by atoms with Gasteiger partial charge in [-0.3, -0.25) is 0 Å². The van der Waals surface area contributed by atoms with Crippen LogP contribution in [0.1, 0.15) is 51.0 Å². The van der Waals surface area contributed by atoms with Crippen LogP contribution in [0.15, 0.2) is 18.2 Å². The molecule has 3 rings (SSSR count). The van der Waals surface area contributed by atoms with E-state index < -0.39 is 0 Å². The molecule has 0 radical (unpaired) electrons. The van der Waals surface area contributed by atoms with Crippen molar-refractivity contribution in [1.82, 2.24) is 4.90 Å². The number of nitrogens with zero attached hydrogens (tertiary/aromatic N) is 1. The molecule has 0 bridgehead atoms. The standard InChI is InChI=1S/C20H33N3O/c1-3-24-18-7-5-17(6-8-18)23-12-10-16(11-13-23)22-20-14-15(2)4-9-19(20)21/h4,9,14,16-18,22H,3,5-8,10-13,21H2,1-2H3/t17-,18-. The molecular weight excluding hydrogens is 298 g/mol. The molecular formula is C20H33N3O. The molecule has 1 aromatic rings. The maximum absolute atomic E-state index is 6.10. The number of likely N-dealkylation sites (tertiary alicyclic amines) is 1. The number of ether oxygens (including phenoxy) is 1. The van der Waals surface area contributed by atoms with Gasteiger partial charge in [0.1, 0.15) is 0 Å². The maximum Gasteiger partial charge on any atom is 0.0578 e. The van der Waals surface area contributed by atoms with Gasteiger partial charge >= 0.3 is 0 Å².